The maximum absolute atomic E-state index is 15.2. The molecule has 0 heterocycles. The van der Waals surface area contributed by atoms with Gasteiger partial charge in [0.1, 0.15) is 6.17 Å². The zero-order valence-corrected chi connectivity index (χ0v) is 22.4. The van der Waals surface area contributed by atoms with Gasteiger partial charge >= 0.3 is 0 Å². The second-order valence-electron chi connectivity index (χ2n) is 12.0. The van der Waals surface area contributed by atoms with Crippen LogP contribution in [0.5, 0.6) is 0 Å². The molecule has 2 aliphatic rings. The van der Waals surface area contributed by atoms with Crippen LogP contribution in [-0.2, 0) is 0 Å². The first-order valence-electron chi connectivity index (χ1n) is 14.9. The van der Waals surface area contributed by atoms with Gasteiger partial charge in [0.25, 0.3) is 0 Å². The summed E-state index contributed by atoms with van der Waals surface area (Å²) in [7, 11) is 0. The van der Waals surface area contributed by atoms with Gasteiger partial charge in [-0.25, -0.2) is 4.39 Å². The Morgan fingerprint density at radius 2 is 1.43 bits per heavy atom. The molecule has 0 radical (unpaired) electrons. The fraction of sp³-hybridized carbons (Fsp3) is 0.647. The first-order valence-corrected chi connectivity index (χ1v) is 14.9. The predicted molar refractivity (Wildman–Crippen MR) is 149 cm³/mol. The van der Waals surface area contributed by atoms with E-state index in [1.54, 1.807) is 0 Å². The third-order valence-corrected chi connectivity index (χ3v) is 9.46. The fourth-order valence-corrected chi connectivity index (χ4v) is 7.23. The molecule has 0 aliphatic heterocycles. The maximum Gasteiger partial charge on any atom is 0.101 e. The van der Waals surface area contributed by atoms with Crippen molar-refractivity contribution in [2.75, 3.05) is 0 Å². The highest BCUT2D eigenvalue weighted by Crippen LogP contribution is 2.42. The van der Waals surface area contributed by atoms with E-state index >= 15 is 4.39 Å². The quantitative estimate of drug-likeness (QED) is 0.283. The molecule has 0 N–H and O–H groups in total. The van der Waals surface area contributed by atoms with Crippen molar-refractivity contribution in [2.45, 2.75) is 116 Å². The summed E-state index contributed by atoms with van der Waals surface area (Å²) in [6, 6.07) is 19.7. The predicted octanol–water partition coefficient (Wildman–Crippen LogP) is 10.8. The third-order valence-electron chi connectivity index (χ3n) is 9.46. The van der Waals surface area contributed by atoms with Crippen molar-refractivity contribution < 1.29 is 4.39 Å². The van der Waals surface area contributed by atoms with Gasteiger partial charge in [-0.05, 0) is 97.6 Å². The highest BCUT2D eigenvalue weighted by Gasteiger charge is 2.29. The lowest BCUT2D eigenvalue weighted by Gasteiger charge is -2.34. The van der Waals surface area contributed by atoms with Gasteiger partial charge in [-0.15, -0.1) is 0 Å². The van der Waals surface area contributed by atoms with E-state index in [-0.39, 0.29) is 0 Å². The number of halogens is 1. The minimum absolute atomic E-state index is 0.552. The van der Waals surface area contributed by atoms with Gasteiger partial charge < -0.3 is 0 Å². The van der Waals surface area contributed by atoms with Crippen LogP contribution in [0.4, 0.5) is 4.39 Å². The highest BCUT2D eigenvalue weighted by atomic mass is 19.1. The van der Waals surface area contributed by atoms with Crippen molar-refractivity contribution in [3.63, 3.8) is 0 Å². The average Bonchev–Trinajstić information content (AvgIpc) is 2.90. The smallest absolute Gasteiger partial charge is 0.101 e. The fourth-order valence-electron chi connectivity index (χ4n) is 7.23. The van der Waals surface area contributed by atoms with Crippen molar-refractivity contribution in [3.05, 3.63) is 60.2 Å². The zero-order chi connectivity index (χ0) is 24.5. The first kappa shape index (κ1) is 26.4. The van der Waals surface area contributed by atoms with Crippen LogP contribution < -0.4 is 0 Å². The SMILES string of the molecule is CCCCCC1CCC(C(C)CC(F)C[C@H]2CC[C@H](c3ccccc3-c3ccccc3)CC2)CC1. The number of hydrogen-bond acceptors (Lipinski definition) is 0. The van der Waals surface area contributed by atoms with Gasteiger partial charge in [0.2, 0.25) is 0 Å². The van der Waals surface area contributed by atoms with E-state index in [1.165, 1.54) is 93.7 Å². The number of hydrogen-bond donors (Lipinski definition) is 0. The molecule has 35 heavy (non-hydrogen) atoms. The minimum Gasteiger partial charge on any atom is -0.247 e. The van der Waals surface area contributed by atoms with E-state index in [9.17, 15) is 0 Å². The molecule has 2 aromatic rings. The molecule has 0 bridgehead atoms. The van der Waals surface area contributed by atoms with Crippen LogP contribution in [0, 0.1) is 23.7 Å². The summed E-state index contributed by atoms with van der Waals surface area (Å²) in [4.78, 5) is 0. The second kappa shape index (κ2) is 13.6. The van der Waals surface area contributed by atoms with Gasteiger partial charge in [-0.1, -0.05) is 107 Å². The Morgan fingerprint density at radius 3 is 2.14 bits per heavy atom. The summed E-state index contributed by atoms with van der Waals surface area (Å²) in [6.07, 6.45) is 16.8. The van der Waals surface area contributed by atoms with Crippen LogP contribution in [0.15, 0.2) is 54.6 Å². The van der Waals surface area contributed by atoms with E-state index in [0.29, 0.717) is 17.8 Å². The maximum atomic E-state index is 15.2. The topological polar surface area (TPSA) is 0 Å². The molecular formula is C34H49F. The summed E-state index contributed by atoms with van der Waals surface area (Å²) in [5, 5.41) is 0. The molecule has 2 atom stereocenters. The Bertz CT molecular complexity index is 842. The molecule has 0 nitrogen and oxygen atoms in total. The Balaban J connectivity index is 1.20. The average molecular weight is 477 g/mol. The molecule has 0 amide bonds. The third kappa shape index (κ3) is 7.68. The van der Waals surface area contributed by atoms with Crippen molar-refractivity contribution in [1.29, 1.82) is 0 Å². The van der Waals surface area contributed by atoms with E-state index in [0.717, 1.165) is 24.7 Å². The number of benzene rings is 2. The Morgan fingerprint density at radius 1 is 0.771 bits per heavy atom. The second-order valence-corrected chi connectivity index (χ2v) is 12.0. The molecule has 2 aliphatic carbocycles. The summed E-state index contributed by atoms with van der Waals surface area (Å²) in [5.41, 5.74) is 4.19. The lowest BCUT2D eigenvalue weighted by molar-refractivity contribution is 0.145. The normalized spacial score (nSPS) is 26.8. The lowest BCUT2D eigenvalue weighted by atomic mass is 9.72. The highest BCUT2D eigenvalue weighted by molar-refractivity contribution is 5.68. The summed E-state index contributed by atoms with van der Waals surface area (Å²) in [6.45, 7) is 4.63. The molecule has 1 heteroatoms. The molecular weight excluding hydrogens is 427 g/mol. The molecule has 2 saturated carbocycles. The number of alkyl halides is 1. The first-order chi connectivity index (χ1) is 17.1. The van der Waals surface area contributed by atoms with Crippen LogP contribution in [0.3, 0.4) is 0 Å². The van der Waals surface area contributed by atoms with E-state index in [2.05, 4.69) is 68.4 Å². The minimum atomic E-state index is -0.606. The molecule has 2 aromatic carbocycles. The largest absolute Gasteiger partial charge is 0.247 e. The van der Waals surface area contributed by atoms with Crippen LogP contribution in [0.1, 0.15) is 115 Å². The van der Waals surface area contributed by atoms with Crippen LogP contribution in [0.2, 0.25) is 0 Å². The van der Waals surface area contributed by atoms with Crippen molar-refractivity contribution in [3.8, 4) is 11.1 Å². The molecule has 2 unspecified atom stereocenters. The zero-order valence-electron chi connectivity index (χ0n) is 22.4. The molecule has 192 valence electrons. The molecule has 2 fully saturated rings. The molecule has 0 spiro atoms. The summed E-state index contributed by atoms with van der Waals surface area (Å²) < 4.78 is 15.2. The monoisotopic (exact) mass is 476 g/mol. The molecule has 0 saturated heterocycles. The van der Waals surface area contributed by atoms with Gasteiger partial charge in [0, 0.05) is 0 Å². The van der Waals surface area contributed by atoms with Gasteiger partial charge in [-0.3, -0.25) is 0 Å². The van der Waals surface area contributed by atoms with Crippen molar-refractivity contribution in [1.82, 2.24) is 0 Å². The van der Waals surface area contributed by atoms with Crippen molar-refractivity contribution in [2.24, 2.45) is 23.7 Å². The van der Waals surface area contributed by atoms with E-state index in [1.807, 2.05) is 0 Å². The Kier molecular flexibility index (Phi) is 10.3. The lowest BCUT2D eigenvalue weighted by Crippen LogP contribution is -2.24. The van der Waals surface area contributed by atoms with Crippen LogP contribution >= 0.6 is 0 Å². The summed E-state index contributed by atoms with van der Waals surface area (Å²) >= 11 is 0. The van der Waals surface area contributed by atoms with E-state index in [4.69, 9.17) is 0 Å². The molecule has 0 aromatic heterocycles. The van der Waals surface area contributed by atoms with Gasteiger partial charge in [0.15, 0.2) is 0 Å². The van der Waals surface area contributed by atoms with E-state index < -0.39 is 6.17 Å². The van der Waals surface area contributed by atoms with Gasteiger partial charge in [0.05, 0.1) is 0 Å². The standard InChI is InChI=1S/C34H49F/c1-3-4-6-11-27-16-20-29(21-17-27)26(2)24-32(35)25-28-18-22-31(23-19-28)34-15-10-9-14-33(34)30-12-7-5-8-13-30/h5,7-10,12-15,26-29,31-32H,3-4,6,11,16-25H2,1-2H3/t26?,27?,28-,29?,31-,32?. The van der Waals surface area contributed by atoms with Crippen LogP contribution in [0.25, 0.3) is 11.1 Å². The number of rotatable bonds is 11. The number of unbranched alkanes of at least 4 members (excludes halogenated alkanes) is 2. The van der Waals surface area contributed by atoms with Gasteiger partial charge in [-0.2, -0.15) is 0 Å². The Labute approximate surface area is 215 Å². The van der Waals surface area contributed by atoms with Crippen LogP contribution in [-0.4, -0.2) is 6.17 Å². The Hall–Kier alpha value is -1.63. The van der Waals surface area contributed by atoms with Crippen molar-refractivity contribution >= 4 is 0 Å². The molecule has 4 rings (SSSR count). The summed E-state index contributed by atoms with van der Waals surface area (Å²) in [5.74, 6) is 3.46.